The van der Waals surface area contributed by atoms with Crippen LogP contribution < -0.4 is 10.5 Å². The second-order valence-electron chi connectivity index (χ2n) is 9.05. The lowest BCUT2D eigenvalue weighted by Gasteiger charge is -2.30. The van der Waals surface area contributed by atoms with Gasteiger partial charge in [-0.2, -0.15) is 0 Å². The molecule has 4 rings (SSSR count). The zero-order valence-corrected chi connectivity index (χ0v) is 17.3. The molecule has 1 amide bonds. The van der Waals surface area contributed by atoms with Crippen LogP contribution in [-0.4, -0.2) is 12.0 Å². The van der Waals surface area contributed by atoms with Gasteiger partial charge in [-0.15, -0.1) is 0 Å². The molecule has 2 aromatic rings. The molecule has 154 valence electrons. The predicted octanol–water partition coefficient (Wildman–Crippen LogP) is 5.84. The molecule has 0 bridgehead atoms. The van der Waals surface area contributed by atoms with E-state index in [1.54, 1.807) is 12.1 Å². The van der Waals surface area contributed by atoms with E-state index in [9.17, 15) is 9.18 Å². The number of carbonyl (C=O) groups is 1. The normalized spacial score (nSPS) is 17.9. The van der Waals surface area contributed by atoms with Gasteiger partial charge in [0, 0.05) is 5.56 Å². The summed E-state index contributed by atoms with van der Waals surface area (Å²) in [7, 11) is 0. The molecule has 0 atom stereocenters. The molecule has 2 aromatic carbocycles. The first-order valence-electron chi connectivity index (χ1n) is 10.8. The van der Waals surface area contributed by atoms with Crippen LogP contribution in [0.2, 0.25) is 0 Å². The minimum atomic E-state index is -0.815. The summed E-state index contributed by atoms with van der Waals surface area (Å²) in [6.45, 7) is 3.65. The van der Waals surface area contributed by atoms with Gasteiger partial charge in [0.1, 0.15) is 11.6 Å². The number of carbonyl (C=O) groups excluding carboxylic acids is 1. The highest BCUT2D eigenvalue weighted by atomic mass is 19.1. The third kappa shape index (κ3) is 3.77. The molecule has 3 nitrogen and oxygen atoms in total. The Kier molecular flexibility index (Phi) is 5.37. The highest BCUT2D eigenvalue weighted by Crippen LogP contribution is 2.45. The van der Waals surface area contributed by atoms with Crippen LogP contribution in [0.1, 0.15) is 75.8 Å². The van der Waals surface area contributed by atoms with Gasteiger partial charge in [0.05, 0.1) is 11.5 Å². The first kappa shape index (κ1) is 19.9. The molecule has 2 fully saturated rings. The van der Waals surface area contributed by atoms with Crippen molar-refractivity contribution in [2.45, 2.75) is 76.2 Å². The van der Waals surface area contributed by atoms with Crippen LogP contribution in [-0.2, 0) is 10.2 Å². The van der Waals surface area contributed by atoms with Crippen LogP contribution in [0.5, 0.6) is 5.75 Å². The number of nitrogens with two attached hydrogens (primary N) is 1. The number of primary amides is 1. The summed E-state index contributed by atoms with van der Waals surface area (Å²) in [6.07, 6.45) is 7.82. The molecule has 2 aliphatic carbocycles. The van der Waals surface area contributed by atoms with Gasteiger partial charge in [-0.05, 0) is 93.2 Å². The van der Waals surface area contributed by atoms with Crippen molar-refractivity contribution in [3.63, 3.8) is 0 Å². The van der Waals surface area contributed by atoms with Crippen LogP contribution in [0.4, 0.5) is 4.39 Å². The predicted molar refractivity (Wildman–Crippen MR) is 114 cm³/mol. The molecule has 29 heavy (non-hydrogen) atoms. The maximum atomic E-state index is 14.9. The number of amides is 1. The van der Waals surface area contributed by atoms with Crippen molar-refractivity contribution in [3.8, 4) is 16.9 Å². The largest absolute Gasteiger partial charge is 0.490 e. The minimum Gasteiger partial charge on any atom is -0.490 e. The van der Waals surface area contributed by atoms with E-state index in [0.717, 1.165) is 60.1 Å². The van der Waals surface area contributed by atoms with Crippen molar-refractivity contribution in [2.75, 3.05) is 0 Å². The summed E-state index contributed by atoms with van der Waals surface area (Å²) in [6, 6.07) is 11.1. The van der Waals surface area contributed by atoms with Gasteiger partial charge in [0.2, 0.25) is 5.91 Å². The molecule has 0 heterocycles. The Labute approximate surface area is 172 Å². The SMILES string of the molecule is CC(C)(C(N)=O)c1ccc(OC2CCCC2)c(-c2cccc(F)c2C2CCC2)c1. The zero-order valence-electron chi connectivity index (χ0n) is 17.3. The average molecular weight is 396 g/mol. The zero-order chi connectivity index (χ0) is 20.6. The maximum absolute atomic E-state index is 14.9. The Morgan fingerprint density at radius 3 is 2.38 bits per heavy atom. The number of rotatable bonds is 6. The molecule has 0 unspecified atom stereocenters. The van der Waals surface area contributed by atoms with Gasteiger partial charge in [0.25, 0.3) is 0 Å². The smallest absolute Gasteiger partial charge is 0.227 e. The monoisotopic (exact) mass is 395 g/mol. The molecule has 2 saturated carbocycles. The number of hydrogen-bond donors (Lipinski definition) is 1. The second-order valence-corrected chi connectivity index (χ2v) is 9.05. The van der Waals surface area contributed by atoms with Crippen LogP contribution in [0, 0.1) is 5.82 Å². The van der Waals surface area contributed by atoms with E-state index in [2.05, 4.69) is 0 Å². The molecule has 4 heteroatoms. The summed E-state index contributed by atoms with van der Waals surface area (Å²) < 4.78 is 21.3. The Hall–Kier alpha value is -2.36. The lowest BCUT2D eigenvalue weighted by molar-refractivity contribution is -0.122. The van der Waals surface area contributed by atoms with Gasteiger partial charge in [-0.25, -0.2) is 4.39 Å². The number of benzene rings is 2. The van der Waals surface area contributed by atoms with Crippen LogP contribution in [0.3, 0.4) is 0 Å². The number of hydrogen-bond acceptors (Lipinski definition) is 2. The first-order chi connectivity index (χ1) is 13.9. The van der Waals surface area contributed by atoms with E-state index in [4.69, 9.17) is 10.5 Å². The molecule has 0 spiro atoms. The Morgan fingerprint density at radius 2 is 1.76 bits per heavy atom. The van der Waals surface area contributed by atoms with E-state index < -0.39 is 5.41 Å². The molecule has 0 saturated heterocycles. The summed E-state index contributed by atoms with van der Waals surface area (Å²) in [5.41, 5.74) is 8.20. The lowest BCUT2D eigenvalue weighted by atomic mass is 9.76. The van der Waals surface area contributed by atoms with Crippen molar-refractivity contribution in [3.05, 3.63) is 53.3 Å². The first-order valence-corrected chi connectivity index (χ1v) is 10.8. The van der Waals surface area contributed by atoms with Crippen LogP contribution in [0.15, 0.2) is 36.4 Å². The van der Waals surface area contributed by atoms with Gasteiger partial charge in [-0.3, -0.25) is 4.79 Å². The Balaban J connectivity index is 1.85. The molecule has 0 aliphatic heterocycles. The fraction of sp³-hybridized carbons (Fsp3) is 0.480. The molecule has 0 radical (unpaired) electrons. The van der Waals surface area contributed by atoms with Crippen molar-refractivity contribution in [1.82, 2.24) is 0 Å². The Bertz CT molecular complexity index is 911. The van der Waals surface area contributed by atoms with Gasteiger partial charge >= 0.3 is 0 Å². The molecule has 2 aliphatic rings. The van der Waals surface area contributed by atoms with E-state index in [-0.39, 0.29) is 23.7 Å². The molecular weight excluding hydrogens is 365 g/mol. The van der Waals surface area contributed by atoms with E-state index in [1.165, 1.54) is 12.8 Å². The van der Waals surface area contributed by atoms with Crippen molar-refractivity contribution in [1.29, 1.82) is 0 Å². The quantitative estimate of drug-likeness (QED) is 0.667. The van der Waals surface area contributed by atoms with Gasteiger partial charge in [-0.1, -0.05) is 24.6 Å². The van der Waals surface area contributed by atoms with Gasteiger partial charge in [0.15, 0.2) is 0 Å². The summed E-state index contributed by atoms with van der Waals surface area (Å²) in [5, 5.41) is 0. The maximum Gasteiger partial charge on any atom is 0.227 e. The van der Waals surface area contributed by atoms with E-state index in [1.807, 2.05) is 38.1 Å². The van der Waals surface area contributed by atoms with Crippen molar-refractivity contribution in [2.24, 2.45) is 5.73 Å². The fourth-order valence-corrected chi connectivity index (χ4v) is 4.44. The lowest BCUT2D eigenvalue weighted by Crippen LogP contribution is -2.35. The Morgan fingerprint density at radius 1 is 1.03 bits per heavy atom. The average Bonchev–Trinajstić information content (AvgIpc) is 3.15. The van der Waals surface area contributed by atoms with Gasteiger partial charge < -0.3 is 10.5 Å². The number of ether oxygens (including phenoxy) is 1. The summed E-state index contributed by atoms with van der Waals surface area (Å²) in [4.78, 5) is 12.0. The molecule has 2 N–H and O–H groups in total. The minimum absolute atomic E-state index is 0.154. The highest BCUT2D eigenvalue weighted by molar-refractivity contribution is 5.87. The van der Waals surface area contributed by atoms with E-state index in [0.29, 0.717) is 0 Å². The van der Waals surface area contributed by atoms with Crippen LogP contribution >= 0.6 is 0 Å². The second kappa shape index (κ2) is 7.81. The highest BCUT2D eigenvalue weighted by Gasteiger charge is 2.31. The van der Waals surface area contributed by atoms with Crippen LogP contribution in [0.25, 0.3) is 11.1 Å². The van der Waals surface area contributed by atoms with Crippen molar-refractivity contribution >= 4 is 5.91 Å². The molecule has 0 aromatic heterocycles. The standard InChI is InChI=1S/C25H30FNO2/c1-25(2,24(27)28)17-13-14-22(29-18-9-3-4-10-18)20(15-17)19-11-6-12-21(26)23(19)16-7-5-8-16/h6,11-16,18H,3-5,7-10H2,1-2H3,(H2,27,28). The topological polar surface area (TPSA) is 52.3 Å². The summed E-state index contributed by atoms with van der Waals surface area (Å²) >= 11 is 0. The number of halogens is 1. The van der Waals surface area contributed by atoms with Crippen molar-refractivity contribution < 1.29 is 13.9 Å². The third-order valence-electron chi connectivity index (χ3n) is 6.77. The molecular formula is C25H30FNO2. The third-order valence-corrected chi connectivity index (χ3v) is 6.77. The van der Waals surface area contributed by atoms with E-state index >= 15 is 0 Å². The fourth-order valence-electron chi connectivity index (χ4n) is 4.44. The summed E-state index contributed by atoms with van der Waals surface area (Å²) in [5.74, 6) is 0.482.